The molecule has 0 atom stereocenters. The Morgan fingerprint density at radius 2 is 1.33 bits per heavy atom. The lowest BCUT2D eigenvalue weighted by Crippen LogP contribution is -2.27. The molecule has 0 unspecified atom stereocenters. The van der Waals surface area contributed by atoms with Crippen molar-refractivity contribution in [3.8, 4) is 22.6 Å². The molecular weight excluding hydrogens is 656 g/mol. The lowest BCUT2D eigenvalue weighted by molar-refractivity contribution is -0.274. The number of rotatable bonds is 16. The van der Waals surface area contributed by atoms with Crippen molar-refractivity contribution >= 4 is 11.9 Å². The molecule has 0 fully saturated rings. The Bertz CT molecular complexity index is 1690. The van der Waals surface area contributed by atoms with Gasteiger partial charge in [0.2, 0.25) is 0 Å². The SMILES string of the molecule is O=C(O)CCCCN(CCc1cc(OC(F)(F)F)ccc1OCc1ccc(-c2ccc(C(F)(F)F)cc2)cc1)Cc1ccc(C(=O)O)cc1. The van der Waals surface area contributed by atoms with Gasteiger partial charge in [0.15, 0.2) is 0 Å². The molecule has 0 aliphatic carbocycles. The van der Waals surface area contributed by atoms with Gasteiger partial charge in [0.1, 0.15) is 18.1 Å². The van der Waals surface area contributed by atoms with E-state index in [0.29, 0.717) is 60.5 Å². The summed E-state index contributed by atoms with van der Waals surface area (Å²) in [6.07, 6.45) is -8.16. The van der Waals surface area contributed by atoms with Crippen LogP contribution in [0.2, 0.25) is 0 Å². The fraction of sp³-hybridized carbons (Fsp3) is 0.278. The highest BCUT2D eigenvalue weighted by Crippen LogP contribution is 2.32. The first-order valence-corrected chi connectivity index (χ1v) is 15.2. The van der Waals surface area contributed by atoms with Crippen LogP contribution < -0.4 is 9.47 Å². The quantitative estimate of drug-likeness (QED) is 0.0897. The predicted octanol–water partition coefficient (Wildman–Crippen LogP) is 8.85. The number of aromatic carboxylic acids is 1. The van der Waals surface area contributed by atoms with Crippen molar-refractivity contribution in [1.29, 1.82) is 0 Å². The molecule has 4 aromatic rings. The van der Waals surface area contributed by atoms with Crippen LogP contribution in [-0.2, 0) is 30.5 Å². The summed E-state index contributed by atoms with van der Waals surface area (Å²) in [6.45, 7) is 1.26. The minimum absolute atomic E-state index is 0.0126. The van der Waals surface area contributed by atoms with E-state index in [-0.39, 0.29) is 25.0 Å². The van der Waals surface area contributed by atoms with Gasteiger partial charge in [-0.3, -0.25) is 9.69 Å². The number of ether oxygens (including phenoxy) is 2. The molecule has 49 heavy (non-hydrogen) atoms. The number of benzene rings is 4. The molecule has 0 radical (unpaired) electrons. The lowest BCUT2D eigenvalue weighted by Gasteiger charge is -2.23. The Hall–Kier alpha value is -5.04. The molecule has 7 nitrogen and oxygen atoms in total. The fourth-order valence-electron chi connectivity index (χ4n) is 5.07. The van der Waals surface area contributed by atoms with E-state index in [4.69, 9.17) is 9.84 Å². The molecule has 4 aromatic carbocycles. The number of carboxylic acids is 2. The van der Waals surface area contributed by atoms with E-state index >= 15 is 0 Å². The van der Waals surface area contributed by atoms with Crippen LogP contribution >= 0.6 is 0 Å². The smallest absolute Gasteiger partial charge is 0.489 e. The number of unbranched alkanes of at least 4 members (excludes halogenated alkanes) is 1. The van der Waals surface area contributed by atoms with Crippen LogP contribution in [0.4, 0.5) is 26.3 Å². The van der Waals surface area contributed by atoms with E-state index in [1.807, 2.05) is 4.90 Å². The summed E-state index contributed by atoms with van der Waals surface area (Å²) in [6, 6.07) is 21.8. The summed E-state index contributed by atoms with van der Waals surface area (Å²) in [7, 11) is 0. The van der Waals surface area contributed by atoms with Crippen molar-refractivity contribution in [1.82, 2.24) is 4.90 Å². The third-order valence-corrected chi connectivity index (χ3v) is 7.58. The third kappa shape index (κ3) is 11.9. The van der Waals surface area contributed by atoms with Crippen LogP contribution in [0.1, 0.15) is 51.9 Å². The maximum atomic E-state index is 13.0. The molecule has 260 valence electrons. The molecule has 4 rings (SSSR count). The molecule has 0 aromatic heterocycles. The van der Waals surface area contributed by atoms with Gasteiger partial charge in [0, 0.05) is 19.5 Å². The largest absolute Gasteiger partial charge is 0.573 e. The second-order valence-corrected chi connectivity index (χ2v) is 11.3. The maximum absolute atomic E-state index is 13.0. The first-order valence-electron chi connectivity index (χ1n) is 15.2. The van der Waals surface area contributed by atoms with E-state index < -0.39 is 35.8 Å². The zero-order chi connectivity index (χ0) is 35.6. The number of alkyl halides is 6. The Morgan fingerprint density at radius 1 is 0.714 bits per heavy atom. The van der Waals surface area contributed by atoms with Gasteiger partial charge in [-0.15, -0.1) is 13.2 Å². The van der Waals surface area contributed by atoms with Crippen LogP contribution in [0.15, 0.2) is 91.0 Å². The standard InChI is InChI=1S/C36H33F6NO6/c37-35(38,39)30-14-12-27(13-15-30)26-8-6-25(7-9-26)23-48-32-17-16-31(49-36(40,41)42)21-29(32)18-20-43(19-2-1-3-33(44)45)22-24-4-10-28(11-5-24)34(46)47/h4-17,21H,1-3,18-20,22-23H2,(H,44,45)(H,46,47). The summed E-state index contributed by atoms with van der Waals surface area (Å²) in [4.78, 5) is 24.2. The second kappa shape index (κ2) is 16.4. The van der Waals surface area contributed by atoms with E-state index in [1.54, 1.807) is 36.4 Å². The molecule has 0 aliphatic heterocycles. The topological polar surface area (TPSA) is 96.3 Å². The van der Waals surface area contributed by atoms with Gasteiger partial charge in [-0.05, 0) is 96.1 Å². The Morgan fingerprint density at radius 3 is 1.90 bits per heavy atom. The predicted molar refractivity (Wildman–Crippen MR) is 168 cm³/mol. The fourth-order valence-corrected chi connectivity index (χ4v) is 5.07. The average molecular weight is 690 g/mol. The lowest BCUT2D eigenvalue weighted by atomic mass is 10.0. The van der Waals surface area contributed by atoms with Crippen LogP contribution in [0.3, 0.4) is 0 Å². The molecule has 0 saturated carbocycles. The number of aliphatic carboxylic acids is 1. The van der Waals surface area contributed by atoms with Crippen molar-refractivity contribution < 1.29 is 55.6 Å². The van der Waals surface area contributed by atoms with Crippen molar-refractivity contribution in [3.05, 3.63) is 119 Å². The molecule has 2 N–H and O–H groups in total. The molecule has 0 amide bonds. The first kappa shape index (κ1) is 36.8. The normalized spacial score (nSPS) is 11.8. The first-order chi connectivity index (χ1) is 23.2. The van der Waals surface area contributed by atoms with E-state index in [0.717, 1.165) is 23.8 Å². The molecule has 13 heteroatoms. The van der Waals surface area contributed by atoms with Gasteiger partial charge in [-0.1, -0.05) is 48.5 Å². The second-order valence-electron chi connectivity index (χ2n) is 11.3. The van der Waals surface area contributed by atoms with Gasteiger partial charge in [-0.2, -0.15) is 13.2 Å². The Kier molecular flexibility index (Phi) is 12.3. The summed E-state index contributed by atoms with van der Waals surface area (Å²) in [5, 5.41) is 18.2. The average Bonchev–Trinajstić information content (AvgIpc) is 3.04. The minimum Gasteiger partial charge on any atom is -0.489 e. The number of nitrogens with zero attached hydrogens (tertiary/aromatic N) is 1. The minimum atomic E-state index is -4.91. The number of carboxylic acid groups (broad SMARTS) is 2. The molecule has 0 bridgehead atoms. The van der Waals surface area contributed by atoms with Crippen molar-refractivity contribution in [3.63, 3.8) is 0 Å². The van der Waals surface area contributed by atoms with Gasteiger partial charge < -0.3 is 19.7 Å². The highest BCUT2D eigenvalue weighted by Gasteiger charge is 2.31. The van der Waals surface area contributed by atoms with Crippen LogP contribution in [-0.4, -0.2) is 46.5 Å². The van der Waals surface area contributed by atoms with Crippen LogP contribution in [0.5, 0.6) is 11.5 Å². The zero-order valence-electron chi connectivity index (χ0n) is 26.1. The maximum Gasteiger partial charge on any atom is 0.573 e. The molecule has 0 saturated heterocycles. The summed E-state index contributed by atoms with van der Waals surface area (Å²) in [5.74, 6) is -2.10. The molecule has 0 aliphatic rings. The molecular formula is C36H33F6NO6. The highest BCUT2D eigenvalue weighted by atomic mass is 19.4. The molecule has 0 spiro atoms. The van der Waals surface area contributed by atoms with Gasteiger partial charge >= 0.3 is 24.5 Å². The summed E-state index contributed by atoms with van der Waals surface area (Å²) < 4.78 is 88.0. The number of carbonyl (C=O) groups is 2. The summed E-state index contributed by atoms with van der Waals surface area (Å²) >= 11 is 0. The number of halogens is 6. The van der Waals surface area contributed by atoms with Crippen molar-refractivity contribution in [2.45, 2.75) is 51.4 Å². The van der Waals surface area contributed by atoms with E-state index in [2.05, 4.69) is 4.74 Å². The monoisotopic (exact) mass is 689 g/mol. The number of hydrogen-bond acceptors (Lipinski definition) is 5. The Labute approximate surface area is 278 Å². The highest BCUT2D eigenvalue weighted by molar-refractivity contribution is 5.87. The van der Waals surface area contributed by atoms with Crippen molar-refractivity contribution in [2.24, 2.45) is 0 Å². The zero-order valence-corrected chi connectivity index (χ0v) is 26.1. The van der Waals surface area contributed by atoms with E-state index in [1.165, 1.54) is 36.4 Å². The van der Waals surface area contributed by atoms with Gasteiger partial charge in [0.25, 0.3) is 0 Å². The van der Waals surface area contributed by atoms with Crippen molar-refractivity contribution in [2.75, 3.05) is 13.1 Å². The van der Waals surface area contributed by atoms with Crippen LogP contribution in [0, 0.1) is 0 Å². The van der Waals surface area contributed by atoms with Gasteiger partial charge in [-0.25, -0.2) is 4.79 Å². The van der Waals surface area contributed by atoms with E-state index in [9.17, 15) is 41.0 Å². The summed E-state index contributed by atoms with van der Waals surface area (Å²) in [5.41, 5.74) is 2.59. The third-order valence-electron chi connectivity index (χ3n) is 7.58. The number of hydrogen-bond donors (Lipinski definition) is 2. The Balaban J connectivity index is 1.48. The van der Waals surface area contributed by atoms with Crippen LogP contribution in [0.25, 0.3) is 11.1 Å². The molecule has 0 heterocycles. The van der Waals surface area contributed by atoms with Gasteiger partial charge in [0.05, 0.1) is 11.1 Å².